The van der Waals surface area contributed by atoms with Crippen molar-refractivity contribution in [3.8, 4) is 0 Å². The van der Waals surface area contributed by atoms with E-state index in [0.29, 0.717) is 29.9 Å². The molecule has 20 heteroatoms. The molecule has 1 aliphatic rings. The summed E-state index contributed by atoms with van der Waals surface area (Å²) in [4.78, 5) is 85.6. The molecule has 4 rings (SSSR count). The number of nitrogens with zero attached hydrogens (tertiary/aromatic N) is 5. The van der Waals surface area contributed by atoms with Crippen molar-refractivity contribution in [3.63, 3.8) is 0 Å². The Labute approximate surface area is 384 Å². The van der Waals surface area contributed by atoms with Crippen molar-refractivity contribution in [2.24, 2.45) is 9.98 Å². The smallest absolute Gasteiger partial charge is 0.437 e. The van der Waals surface area contributed by atoms with E-state index in [1.165, 1.54) is 24.3 Å². The Bertz CT molecular complexity index is 2330. The zero-order valence-corrected chi connectivity index (χ0v) is 39.5. The molecule has 1 aliphatic heterocycles. The van der Waals surface area contributed by atoms with Crippen molar-refractivity contribution in [2.45, 2.75) is 118 Å². The molecule has 20 nitrogen and oxygen atoms in total. The van der Waals surface area contributed by atoms with Crippen molar-refractivity contribution in [1.82, 2.24) is 31.0 Å². The lowest BCUT2D eigenvalue weighted by atomic mass is 10.0. The van der Waals surface area contributed by atoms with E-state index in [2.05, 4.69) is 46.8 Å². The lowest BCUT2D eigenvalue weighted by Gasteiger charge is -2.30. The summed E-state index contributed by atoms with van der Waals surface area (Å²) in [6.07, 6.45) is -1.01. The summed E-state index contributed by atoms with van der Waals surface area (Å²) in [7, 11) is 0. The largest absolute Gasteiger partial charge is 0.444 e. The molecule has 3 aromatic rings. The Hall–Kier alpha value is -7.38. The summed E-state index contributed by atoms with van der Waals surface area (Å²) in [6, 6.07) is 16.2. The molecule has 6 amide bonds. The van der Waals surface area contributed by atoms with Crippen LogP contribution >= 0.6 is 0 Å². The molecule has 1 aromatic heterocycles. The van der Waals surface area contributed by atoms with E-state index >= 15 is 0 Å². The molecule has 354 valence electrons. The number of aromatic nitrogens is 2. The van der Waals surface area contributed by atoms with E-state index in [1.807, 2.05) is 6.08 Å². The van der Waals surface area contributed by atoms with E-state index in [1.54, 1.807) is 124 Å². The second-order valence-electron chi connectivity index (χ2n) is 18.9. The van der Waals surface area contributed by atoms with Crippen molar-refractivity contribution in [1.29, 1.82) is 0 Å². The fraction of sp³-hybridized carbons (Fsp3) is 0.435. The van der Waals surface area contributed by atoms with Crippen LogP contribution in [0.1, 0.15) is 121 Å². The SMILES string of the molecule is CC(C)(C)OC(=O)/N=C(/NC(=O)OC(C)(C)C)N1CC=C(c2ccc(NC(=O)c3ccc(C(=O)Nc4ccc(CN/C(=N\C(=O)OC(C)(C)C)NC(=O)OC(C)(C)C)cc4)cc3)nn2)CC1. The van der Waals surface area contributed by atoms with Crippen molar-refractivity contribution in [3.05, 3.63) is 89.1 Å². The summed E-state index contributed by atoms with van der Waals surface area (Å²) >= 11 is 0. The number of anilines is 2. The van der Waals surface area contributed by atoms with E-state index in [0.717, 1.165) is 11.1 Å². The van der Waals surface area contributed by atoms with Crippen LogP contribution in [0, 0.1) is 0 Å². The lowest BCUT2D eigenvalue weighted by molar-refractivity contribution is 0.0539. The molecule has 0 radical (unpaired) electrons. The first-order valence-corrected chi connectivity index (χ1v) is 21.1. The minimum absolute atomic E-state index is 0.0131. The maximum absolute atomic E-state index is 13.1. The lowest BCUT2D eigenvalue weighted by Crippen LogP contribution is -2.48. The summed E-state index contributed by atoms with van der Waals surface area (Å²) in [5, 5.41) is 21.9. The number of ether oxygens (including phenoxy) is 4. The number of hydrogen-bond donors (Lipinski definition) is 5. The highest BCUT2D eigenvalue weighted by Gasteiger charge is 2.26. The molecule has 0 saturated carbocycles. The molecule has 0 spiro atoms. The van der Waals surface area contributed by atoms with Gasteiger partial charge in [-0.15, -0.1) is 20.2 Å². The van der Waals surface area contributed by atoms with Gasteiger partial charge in [0, 0.05) is 36.4 Å². The molecule has 0 bridgehead atoms. The molecule has 0 saturated heterocycles. The highest BCUT2D eigenvalue weighted by Crippen LogP contribution is 2.22. The van der Waals surface area contributed by atoms with Gasteiger partial charge in [-0.3, -0.25) is 20.2 Å². The second kappa shape index (κ2) is 21.5. The first kappa shape index (κ1) is 51.3. The van der Waals surface area contributed by atoms with Gasteiger partial charge in [-0.2, -0.15) is 0 Å². The van der Waals surface area contributed by atoms with Gasteiger partial charge in [0.15, 0.2) is 5.82 Å². The minimum atomic E-state index is -0.907. The van der Waals surface area contributed by atoms with Crippen LogP contribution in [0.25, 0.3) is 5.57 Å². The Morgan fingerprint density at radius 1 is 0.606 bits per heavy atom. The van der Waals surface area contributed by atoms with Crippen LogP contribution in [-0.2, 0) is 25.5 Å². The number of benzene rings is 2. The number of carbonyl (C=O) groups is 6. The maximum atomic E-state index is 13.1. The summed E-state index contributed by atoms with van der Waals surface area (Å²) in [5.41, 5.74) is 0.107. The first-order valence-electron chi connectivity index (χ1n) is 21.1. The fourth-order valence-corrected chi connectivity index (χ4v) is 5.55. The predicted molar refractivity (Wildman–Crippen MR) is 248 cm³/mol. The highest BCUT2D eigenvalue weighted by atomic mass is 16.6. The van der Waals surface area contributed by atoms with Gasteiger partial charge in [-0.05, 0) is 149 Å². The van der Waals surface area contributed by atoms with Crippen molar-refractivity contribution < 1.29 is 47.7 Å². The monoisotopic (exact) mass is 912 g/mol. The van der Waals surface area contributed by atoms with E-state index in [4.69, 9.17) is 18.9 Å². The van der Waals surface area contributed by atoms with Gasteiger partial charge in [-0.1, -0.05) is 18.2 Å². The average molecular weight is 913 g/mol. The van der Waals surface area contributed by atoms with E-state index < -0.39 is 58.6 Å². The van der Waals surface area contributed by atoms with Gasteiger partial charge >= 0.3 is 24.4 Å². The molecular formula is C46H60N10O10. The molecule has 0 atom stereocenters. The van der Waals surface area contributed by atoms with Crippen LogP contribution < -0.4 is 26.6 Å². The van der Waals surface area contributed by atoms with Gasteiger partial charge in [-0.25, -0.2) is 19.2 Å². The zero-order valence-electron chi connectivity index (χ0n) is 39.5. The van der Waals surface area contributed by atoms with E-state index in [-0.39, 0.29) is 36.4 Å². The molecule has 5 N–H and O–H groups in total. The first-order chi connectivity index (χ1) is 30.6. The number of amides is 6. The standard InChI is InChI=1S/C46H60N10O10/c1-43(2,3)63-39(59)50-37(51-40(60)64-44(4,5)6)47-27-28-13-19-32(20-14-28)48-35(57)30-15-17-31(18-16-30)36(58)49-34-22-21-33(54-55-34)29-23-25-56(26-24-29)38(52-41(61)65-45(7,8)9)53-42(62)66-46(10,11)12/h13-23H,24-27H2,1-12H3,(H,48,57)(H,49,55,58)(H,52,53,61,62)(H2,47,50,51,59,60). The second-order valence-corrected chi connectivity index (χ2v) is 18.9. The van der Waals surface area contributed by atoms with Gasteiger partial charge in [0.2, 0.25) is 11.9 Å². The van der Waals surface area contributed by atoms with Crippen LogP contribution in [0.3, 0.4) is 0 Å². The quantitative estimate of drug-likeness (QED) is 0.0862. The number of guanidine groups is 2. The van der Waals surface area contributed by atoms with E-state index in [9.17, 15) is 28.8 Å². The van der Waals surface area contributed by atoms with Crippen LogP contribution in [-0.4, -0.2) is 98.7 Å². The Morgan fingerprint density at radius 2 is 1.12 bits per heavy atom. The number of nitrogens with one attached hydrogen (secondary N) is 5. The molecule has 0 unspecified atom stereocenters. The third kappa shape index (κ3) is 18.4. The molecule has 2 heterocycles. The maximum Gasteiger partial charge on any atom is 0.437 e. The van der Waals surface area contributed by atoms with Crippen LogP contribution in [0.15, 0.2) is 76.7 Å². The summed E-state index contributed by atoms with van der Waals surface area (Å²) in [5.74, 6) is -0.842. The normalized spacial score (nSPS) is 13.6. The number of rotatable bonds is 7. The topological polar surface area (TPSA) is 253 Å². The molecule has 0 aliphatic carbocycles. The van der Waals surface area contributed by atoms with Gasteiger partial charge in [0.05, 0.1) is 5.69 Å². The molecular weight excluding hydrogens is 853 g/mol. The van der Waals surface area contributed by atoms with Crippen LogP contribution in [0.5, 0.6) is 0 Å². The van der Waals surface area contributed by atoms with Crippen LogP contribution in [0.2, 0.25) is 0 Å². The van der Waals surface area contributed by atoms with Gasteiger partial charge in [0.25, 0.3) is 11.8 Å². The van der Waals surface area contributed by atoms with Crippen molar-refractivity contribution >= 4 is 65.2 Å². The number of alkyl carbamates (subject to hydrolysis) is 2. The minimum Gasteiger partial charge on any atom is -0.444 e. The number of aliphatic imine (C=N–C) groups is 2. The fourth-order valence-electron chi connectivity index (χ4n) is 5.55. The summed E-state index contributed by atoms with van der Waals surface area (Å²) in [6.45, 7) is 21.3. The zero-order chi connectivity index (χ0) is 49.0. The summed E-state index contributed by atoms with van der Waals surface area (Å²) < 4.78 is 21.2. The Morgan fingerprint density at radius 3 is 1.61 bits per heavy atom. The number of hydrogen-bond acceptors (Lipinski definition) is 12. The third-order valence-corrected chi connectivity index (χ3v) is 8.24. The number of carbonyl (C=O) groups excluding carboxylic acids is 6. The van der Waals surface area contributed by atoms with Crippen molar-refractivity contribution in [2.75, 3.05) is 23.7 Å². The Kier molecular flexibility index (Phi) is 16.7. The van der Waals surface area contributed by atoms with Gasteiger partial charge < -0.3 is 39.8 Å². The van der Waals surface area contributed by atoms with Gasteiger partial charge in [0.1, 0.15) is 22.4 Å². The average Bonchev–Trinajstić information content (AvgIpc) is 3.18. The Balaban J connectivity index is 1.31. The van der Waals surface area contributed by atoms with Crippen LogP contribution in [0.4, 0.5) is 30.7 Å². The third-order valence-electron chi connectivity index (χ3n) is 8.24. The molecule has 66 heavy (non-hydrogen) atoms. The molecule has 0 fully saturated rings. The predicted octanol–water partition coefficient (Wildman–Crippen LogP) is 7.79. The highest BCUT2D eigenvalue weighted by molar-refractivity contribution is 6.07. The molecule has 2 aromatic carbocycles.